The van der Waals surface area contributed by atoms with E-state index in [1.165, 1.54) is 89.6 Å². The minimum absolute atomic E-state index is 0.00921. The summed E-state index contributed by atoms with van der Waals surface area (Å²) in [6.07, 6.45) is -1.23. The van der Waals surface area contributed by atoms with Crippen LogP contribution < -0.4 is 16.0 Å². The number of halogens is 5. The Hall–Kier alpha value is -7.55. The van der Waals surface area contributed by atoms with E-state index in [1.807, 2.05) is 20.8 Å². The van der Waals surface area contributed by atoms with E-state index < -0.39 is 172 Å². The van der Waals surface area contributed by atoms with Gasteiger partial charge >= 0.3 is 6.18 Å². The number of hydrogen-bond donors (Lipinski definition) is 3. The first-order valence-corrected chi connectivity index (χ1v) is 36.2. The number of aryl methyl sites for hydroxylation is 1. The van der Waals surface area contributed by atoms with Gasteiger partial charge in [-0.2, -0.15) is 13.2 Å². The third-order valence-electron chi connectivity index (χ3n) is 21.2. The lowest BCUT2D eigenvalue weighted by Crippen LogP contribution is -2.65. The maximum Gasteiger partial charge on any atom is 0.417 e. The molecular weight excluding hydrogens is 1350 g/mol. The van der Waals surface area contributed by atoms with Crippen molar-refractivity contribution in [2.75, 3.05) is 75.0 Å². The molecule has 1 spiro atoms. The Labute approximate surface area is 601 Å². The van der Waals surface area contributed by atoms with Gasteiger partial charge in [-0.3, -0.25) is 57.5 Å². The molecule has 3 N–H and O–H groups in total. The molecule has 0 bridgehead atoms. The number of carbonyl (C=O) groups excluding carboxylic acids is 12. The van der Waals surface area contributed by atoms with Crippen LogP contribution in [0.3, 0.4) is 0 Å². The number of alkyl halides is 3. The van der Waals surface area contributed by atoms with Crippen molar-refractivity contribution in [1.29, 1.82) is 0 Å². The van der Waals surface area contributed by atoms with Gasteiger partial charge in [0.1, 0.15) is 59.9 Å². The lowest BCUT2D eigenvalue weighted by atomic mass is 9.91. The number of likely N-dealkylation sites (N-methyl/N-ethyl adjacent to an activating group) is 6. The van der Waals surface area contributed by atoms with Crippen molar-refractivity contribution in [1.82, 2.24) is 60.0 Å². The molecule has 12 amide bonds. The van der Waals surface area contributed by atoms with Crippen LogP contribution in [-0.2, 0) is 76.6 Å². The summed E-state index contributed by atoms with van der Waals surface area (Å²) in [7, 11) is 8.39. The molecule has 10 atom stereocenters. The first-order chi connectivity index (χ1) is 47.4. The third-order valence-corrected chi connectivity index (χ3v) is 21.8. The van der Waals surface area contributed by atoms with Crippen LogP contribution in [-0.4, -0.2) is 250 Å². The van der Waals surface area contributed by atoms with Gasteiger partial charge in [-0.1, -0.05) is 102 Å². The smallest absolute Gasteiger partial charge is 0.343 e. The van der Waals surface area contributed by atoms with E-state index in [1.54, 1.807) is 49.9 Å². The van der Waals surface area contributed by atoms with Crippen molar-refractivity contribution in [3.8, 4) is 0 Å². The third kappa shape index (κ3) is 19.0. The van der Waals surface area contributed by atoms with E-state index in [0.717, 1.165) is 23.5 Å². The molecule has 7 rings (SSSR count). The second-order valence-corrected chi connectivity index (χ2v) is 29.9. The summed E-state index contributed by atoms with van der Waals surface area (Å²) in [5.74, 6) is -9.43. The molecule has 101 heavy (non-hydrogen) atoms. The molecule has 2 aromatic carbocycles. The van der Waals surface area contributed by atoms with Crippen LogP contribution in [0.1, 0.15) is 155 Å². The largest absolute Gasteiger partial charge is 0.417 e. The normalized spacial score (nSPS) is 26.5. The van der Waals surface area contributed by atoms with Gasteiger partial charge in [-0.05, 0) is 131 Å². The molecule has 24 nitrogen and oxygen atoms in total. The monoisotopic (exact) mass is 1450 g/mol. The average molecular weight is 1460 g/mol. The summed E-state index contributed by atoms with van der Waals surface area (Å²) in [6.45, 7) is 12.4. The predicted molar refractivity (Wildman–Crippen MR) is 373 cm³/mol. The molecule has 2 aromatic rings. The Bertz CT molecular complexity index is 3390. The van der Waals surface area contributed by atoms with Crippen LogP contribution in [0, 0.1) is 17.8 Å². The number of rotatable bonds is 11. The van der Waals surface area contributed by atoms with Crippen molar-refractivity contribution < 1.29 is 70.7 Å². The van der Waals surface area contributed by atoms with Gasteiger partial charge in [0.05, 0.1) is 23.6 Å². The topological polar surface area (TPSA) is 270 Å². The lowest BCUT2D eigenvalue weighted by Gasteiger charge is -2.45. The molecule has 1 aliphatic carbocycles. The summed E-state index contributed by atoms with van der Waals surface area (Å²) < 4.78 is 41.6. The van der Waals surface area contributed by atoms with Crippen LogP contribution in [0.15, 0.2) is 42.5 Å². The molecule has 4 heterocycles. The zero-order valence-corrected chi connectivity index (χ0v) is 62.1. The molecule has 558 valence electrons. The van der Waals surface area contributed by atoms with Crippen LogP contribution in [0.5, 0.6) is 0 Å². The Morgan fingerprint density at radius 1 is 0.634 bits per heavy atom. The summed E-state index contributed by atoms with van der Waals surface area (Å²) in [5, 5.41) is 8.46. The standard InChI is InChI=1S/C72H103Cl2F3N12O12/c1-14-44(6)59-68(99)82(9)45(7)63(94)89-36-30-53(89)66(97)84(11)55(39-47-22-26-48(73)27-23-47)65(96)81(8)41-57(90)78-51(29-25-46-24-28-49(50(74)38-46)72(75,76)77)64(95)88-35-20-21-52(88)62(93)80-71(31-16-17-32-71)70(101)86(13)60(43(4)5)69(100)85(12)56(67(98)87-33-18-15-19-34-87)40-58(91)83(10)54(37-42(2)3)61(92)79-59/h22-24,26-28,38,42-45,51-56,59-60H,14-21,25,29-37,39-41H2,1-13H3,(H,78,90)(H,79,92)(H,80,93)/t44-,45-,51-,52-,53-,54-,55-,56-,59-,60-/m0/s1. The fraction of sp³-hybridized carbons (Fsp3) is 0.667. The van der Waals surface area contributed by atoms with Gasteiger partial charge in [0, 0.05) is 79.9 Å². The molecule has 0 unspecified atom stereocenters. The summed E-state index contributed by atoms with van der Waals surface area (Å²) in [5.41, 5.74) is -1.84. The first-order valence-electron chi connectivity index (χ1n) is 35.4. The van der Waals surface area contributed by atoms with Crippen molar-refractivity contribution in [2.45, 2.75) is 217 Å². The van der Waals surface area contributed by atoms with Crippen LogP contribution >= 0.6 is 23.2 Å². The average Bonchev–Trinajstić information content (AvgIpc) is 1.39. The van der Waals surface area contributed by atoms with E-state index in [4.69, 9.17) is 23.2 Å². The van der Waals surface area contributed by atoms with E-state index in [-0.39, 0.29) is 75.9 Å². The predicted octanol–water partition coefficient (Wildman–Crippen LogP) is 5.96. The Morgan fingerprint density at radius 3 is 1.83 bits per heavy atom. The molecule has 4 saturated heterocycles. The van der Waals surface area contributed by atoms with E-state index in [9.17, 15) is 46.7 Å². The van der Waals surface area contributed by atoms with Crippen molar-refractivity contribution in [2.24, 2.45) is 17.8 Å². The minimum atomic E-state index is -4.77. The van der Waals surface area contributed by atoms with Crippen LogP contribution in [0.25, 0.3) is 0 Å². The highest BCUT2D eigenvalue weighted by atomic mass is 35.5. The summed E-state index contributed by atoms with van der Waals surface area (Å²) >= 11 is 12.4. The maximum absolute atomic E-state index is 15.4. The zero-order chi connectivity index (χ0) is 74.9. The molecule has 0 aromatic heterocycles. The summed E-state index contributed by atoms with van der Waals surface area (Å²) in [4.78, 5) is 191. The molecule has 0 radical (unpaired) electrons. The molecule has 5 fully saturated rings. The van der Waals surface area contributed by atoms with Crippen molar-refractivity contribution in [3.63, 3.8) is 0 Å². The van der Waals surface area contributed by atoms with E-state index >= 15 is 24.0 Å². The van der Waals surface area contributed by atoms with Crippen molar-refractivity contribution in [3.05, 3.63) is 69.2 Å². The molecule has 1 saturated carbocycles. The number of likely N-dealkylation sites (tertiary alicyclic amines) is 1. The van der Waals surface area contributed by atoms with Gasteiger partial charge in [0.15, 0.2) is 0 Å². The Balaban J connectivity index is 1.30. The highest BCUT2D eigenvalue weighted by Crippen LogP contribution is 2.37. The fourth-order valence-corrected chi connectivity index (χ4v) is 15.0. The number of nitrogens with zero attached hydrogens (tertiary/aromatic N) is 9. The molecule has 5 aliphatic rings. The van der Waals surface area contributed by atoms with Gasteiger partial charge in [0.25, 0.3) is 0 Å². The Morgan fingerprint density at radius 2 is 1.26 bits per heavy atom. The maximum atomic E-state index is 15.4. The molecular formula is C72H103Cl2F3N12O12. The van der Waals surface area contributed by atoms with E-state index in [2.05, 4.69) is 16.0 Å². The highest BCUT2D eigenvalue weighted by molar-refractivity contribution is 6.31. The lowest BCUT2D eigenvalue weighted by molar-refractivity contribution is -0.160. The second kappa shape index (κ2) is 34.6. The number of benzene rings is 2. The van der Waals surface area contributed by atoms with Gasteiger partial charge in [-0.15, -0.1) is 0 Å². The number of carbonyl (C=O) groups is 12. The number of hydrogen-bond acceptors (Lipinski definition) is 12. The highest BCUT2D eigenvalue weighted by Gasteiger charge is 2.51. The van der Waals surface area contributed by atoms with Gasteiger partial charge < -0.3 is 60.0 Å². The fourth-order valence-electron chi connectivity index (χ4n) is 14.6. The zero-order valence-electron chi connectivity index (χ0n) is 60.6. The second-order valence-electron chi connectivity index (χ2n) is 29.1. The number of amides is 12. The van der Waals surface area contributed by atoms with Crippen molar-refractivity contribution >= 4 is 94.1 Å². The summed E-state index contributed by atoms with van der Waals surface area (Å²) in [6, 6.07) is -1.83. The van der Waals surface area contributed by atoms with Crippen LogP contribution in [0.4, 0.5) is 13.2 Å². The number of nitrogens with one attached hydrogen (secondary N) is 3. The van der Waals surface area contributed by atoms with Gasteiger partial charge in [0.2, 0.25) is 70.9 Å². The SMILES string of the molecule is CC[C@H](C)[C@@H]1NC(=O)[C@H](CC(C)C)N(C)C(=O)C[C@@H](C(=O)N2CCCCC2)N(C)C(=O)[C@H](C(C)C)N(C)C(=O)C2(CCCC2)NC(=O)[C@@H]2CCCN2C(=O)[C@H](CCc2ccc(C(F)(F)F)c(Cl)c2)NC(=O)CN(C)C(=O)[C@H](Cc2ccc(Cl)cc2)N(C)C(=O)[C@@H]2CCN2C(=O)[C@H](C)N(C)C1=O. The first kappa shape index (κ1) is 80.8. The number of piperidine rings is 1. The molecule has 29 heteroatoms. The number of fused-ring (bicyclic) bond motifs is 2. The quantitative estimate of drug-likeness (QED) is 0.235. The molecule has 4 aliphatic heterocycles. The Kier molecular flexibility index (Phi) is 27.7. The minimum Gasteiger partial charge on any atom is -0.343 e. The van der Waals surface area contributed by atoms with Gasteiger partial charge in [-0.25, -0.2) is 0 Å². The van der Waals surface area contributed by atoms with Crippen LogP contribution in [0.2, 0.25) is 10.0 Å². The van der Waals surface area contributed by atoms with E-state index in [0.29, 0.717) is 62.2 Å².